The van der Waals surface area contributed by atoms with E-state index >= 15 is 0 Å². The van der Waals surface area contributed by atoms with Gasteiger partial charge in [0.1, 0.15) is 0 Å². The van der Waals surface area contributed by atoms with Gasteiger partial charge in [-0.3, -0.25) is 4.79 Å². The number of nitrogens with zero attached hydrogens (tertiary/aromatic N) is 1. The topological polar surface area (TPSA) is 73.6 Å². The molecule has 0 aliphatic heterocycles. The molecule has 1 N–H and O–H groups in total. The van der Waals surface area contributed by atoms with Crippen LogP contribution in [-0.4, -0.2) is 31.8 Å². The second kappa shape index (κ2) is 6.78. The number of benzene rings is 1. The zero-order valence-electron chi connectivity index (χ0n) is 12.3. The summed E-state index contributed by atoms with van der Waals surface area (Å²) in [5.41, 5.74) is 1.02. The molecular weight excluding hydrogens is 272 g/mol. The molecule has 0 unspecified atom stereocenters. The summed E-state index contributed by atoms with van der Waals surface area (Å²) in [6, 6.07) is 6.96. The molecular formula is C15H18N2O4. The summed E-state index contributed by atoms with van der Waals surface area (Å²) in [5.74, 6) is 1.47. The summed E-state index contributed by atoms with van der Waals surface area (Å²) in [6.07, 6.45) is 0.867. The summed E-state index contributed by atoms with van der Waals surface area (Å²) in [5, 5.41) is 6.53. The van der Waals surface area contributed by atoms with Crippen LogP contribution in [0.15, 0.2) is 28.8 Å². The van der Waals surface area contributed by atoms with Crippen molar-refractivity contribution < 1.29 is 18.8 Å². The van der Waals surface area contributed by atoms with E-state index in [9.17, 15) is 4.79 Å². The number of hydrogen-bond acceptors (Lipinski definition) is 5. The minimum absolute atomic E-state index is 0.243. The van der Waals surface area contributed by atoms with Gasteiger partial charge in [-0.1, -0.05) is 12.1 Å². The van der Waals surface area contributed by atoms with Gasteiger partial charge in [0.25, 0.3) is 5.91 Å². The number of amides is 1. The number of rotatable bonds is 6. The highest BCUT2D eigenvalue weighted by Crippen LogP contribution is 2.32. The maximum Gasteiger partial charge on any atom is 0.273 e. The summed E-state index contributed by atoms with van der Waals surface area (Å²) >= 11 is 0. The van der Waals surface area contributed by atoms with Crippen LogP contribution in [0.1, 0.15) is 23.8 Å². The number of carbonyl (C=O) groups excluding carboxylic acids is 1. The minimum Gasteiger partial charge on any atom is -0.493 e. The summed E-state index contributed by atoms with van der Waals surface area (Å²) in [4.78, 5) is 11.8. The van der Waals surface area contributed by atoms with E-state index in [2.05, 4.69) is 10.5 Å². The average molecular weight is 290 g/mol. The quantitative estimate of drug-likeness (QED) is 0.884. The number of hydrogen-bond donors (Lipinski definition) is 1. The zero-order valence-corrected chi connectivity index (χ0v) is 12.3. The number of ether oxygens (including phenoxy) is 2. The van der Waals surface area contributed by atoms with E-state index in [1.807, 2.05) is 13.0 Å². The second-order valence-electron chi connectivity index (χ2n) is 4.40. The van der Waals surface area contributed by atoms with Crippen molar-refractivity contribution in [1.82, 2.24) is 10.5 Å². The third-order valence-electron chi connectivity index (χ3n) is 2.95. The van der Waals surface area contributed by atoms with Gasteiger partial charge in [-0.25, -0.2) is 0 Å². The highest BCUT2D eigenvalue weighted by atomic mass is 16.5. The van der Waals surface area contributed by atoms with E-state index in [1.165, 1.54) is 0 Å². The Kier molecular flexibility index (Phi) is 4.81. The normalized spacial score (nSPS) is 10.2. The maximum absolute atomic E-state index is 11.8. The van der Waals surface area contributed by atoms with Crippen LogP contribution in [0, 0.1) is 0 Å². The summed E-state index contributed by atoms with van der Waals surface area (Å²) in [6.45, 7) is 2.59. The molecule has 0 fully saturated rings. The first kappa shape index (κ1) is 14.9. The Morgan fingerprint density at radius 1 is 1.24 bits per heavy atom. The Balaban J connectivity index is 2.23. The molecule has 0 radical (unpaired) electrons. The van der Waals surface area contributed by atoms with E-state index in [0.717, 1.165) is 12.0 Å². The molecule has 0 aliphatic carbocycles. The summed E-state index contributed by atoms with van der Waals surface area (Å²) < 4.78 is 15.6. The van der Waals surface area contributed by atoms with Crippen molar-refractivity contribution in [2.75, 3.05) is 20.8 Å². The molecule has 6 heteroatoms. The molecule has 6 nitrogen and oxygen atoms in total. The maximum atomic E-state index is 11.8. The molecule has 2 aromatic rings. The third-order valence-corrected chi connectivity index (χ3v) is 2.95. The van der Waals surface area contributed by atoms with Gasteiger partial charge >= 0.3 is 0 Å². The predicted molar refractivity (Wildman–Crippen MR) is 77.7 cm³/mol. The molecule has 1 amide bonds. The van der Waals surface area contributed by atoms with Crippen LogP contribution in [-0.2, 0) is 0 Å². The molecule has 0 saturated heterocycles. The third kappa shape index (κ3) is 3.34. The average Bonchev–Trinajstić information content (AvgIpc) is 3.01. The van der Waals surface area contributed by atoms with Crippen molar-refractivity contribution in [3.63, 3.8) is 0 Å². The monoisotopic (exact) mass is 290 g/mol. The molecule has 0 atom stereocenters. The fourth-order valence-corrected chi connectivity index (χ4v) is 1.84. The van der Waals surface area contributed by atoms with Crippen LogP contribution >= 0.6 is 0 Å². The van der Waals surface area contributed by atoms with Gasteiger partial charge in [0.05, 0.1) is 14.2 Å². The van der Waals surface area contributed by atoms with E-state index < -0.39 is 0 Å². The fourth-order valence-electron chi connectivity index (χ4n) is 1.84. The van der Waals surface area contributed by atoms with E-state index in [-0.39, 0.29) is 11.6 Å². The van der Waals surface area contributed by atoms with E-state index in [0.29, 0.717) is 23.8 Å². The fraction of sp³-hybridized carbons (Fsp3) is 0.333. The standard InChI is InChI=1S/C15H18N2O4/c1-4-7-16-15(18)11-9-13(21-17-11)10-5-6-12(19-2)14(8-10)20-3/h5-6,8-9H,4,7H2,1-3H3,(H,16,18). The number of nitrogens with one attached hydrogen (secondary N) is 1. The van der Waals surface area contributed by atoms with Crippen molar-refractivity contribution in [2.24, 2.45) is 0 Å². The Morgan fingerprint density at radius 3 is 2.67 bits per heavy atom. The molecule has 0 aliphatic rings. The SMILES string of the molecule is CCCNC(=O)c1cc(-c2ccc(OC)c(OC)c2)on1. The van der Waals surface area contributed by atoms with E-state index in [1.54, 1.807) is 32.4 Å². The van der Waals surface area contributed by atoms with Gasteiger partial charge in [-0.15, -0.1) is 0 Å². The lowest BCUT2D eigenvalue weighted by Crippen LogP contribution is -2.24. The van der Waals surface area contributed by atoms with Gasteiger partial charge < -0.3 is 19.3 Å². The lowest BCUT2D eigenvalue weighted by molar-refractivity contribution is 0.0944. The lowest BCUT2D eigenvalue weighted by Gasteiger charge is -2.07. The number of carbonyl (C=O) groups is 1. The molecule has 0 saturated carbocycles. The molecule has 2 rings (SSSR count). The molecule has 1 aromatic carbocycles. The van der Waals surface area contributed by atoms with Crippen molar-refractivity contribution in [2.45, 2.75) is 13.3 Å². The molecule has 21 heavy (non-hydrogen) atoms. The first-order valence-electron chi connectivity index (χ1n) is 6.67. The van der Waals surface area contributed by atoms with Gasteiger partial charge in [0.2, 0.25) is 0 Å². The predicted octanol–water partition coefficient (Wildman–Crippen LogP) is 2.50. The van der Waals surface area contributed by atoms with Crippen molar-refractivity contribution >= 4 is 5.91 Å². The Bertz CT molecular complexity index is 622. The van der Waals surface area contributed by atoms with Gasteiger partial charge in [-0.2, -0.15) is 0 Å². The van der Waals surface area contributed by atoms with Gasteiger partial charge in [-0.05, 0) is 24.6 Å². The number of aromatic nitrogens is 1. The first-order valence-corrected chi connectivity index (χ1v) is 6.67. The van der Waals surface area contributed by atoms with Crippen molar-refractivity contribution in [3.05, 3.63) is 30.0 Å². The van der Waals surface area contributed by atoms with Crippen LogP contribution < -0.4 is 14.8 Å². The second-order valence-corrected chi connectivity index (χ2v) is 4.40. The van der Waals surface area contributed by atoms with Crippen molar-refractivity contribution in [1.29, 1.82) is 0 Å². The minimum atomic E-state index is -0.243. The molecule has 1 aromatic heterocycles. The number of methoxy groups -OCH3 is 2. The van der Waals surface area contributed by atoms with Crippen LogP contribution in [0.5, 0.6) is 11.5 Å². The highest BCUT2D eigenvalue weighted by Gasteiger charge is 2.14. The molecule has 0 spiro atoms. The largest absolute Gasteiger partial charge is 0.493 e. The zero-order chi connectivity index (χ0) is 15.2. The highest BCUT2D eigenvalue weighted by molar-refractivity contribution is 5.93. The molecule has 1 heterocycles. The lowest BCUT2D eigenvalue weighted by atomic mass is 10.1. The van der Waals surface area contributed by atoms with E-state index in [4.69, 9.17) is 14.0 Å². The van der Waals surface area contributed by atoms with Gasteiger partial charge in [0, 0.05) is 18.2 Å². The first-order chi connectivity index (χ1) is 10.2. The van der Waals surface area contributed by atoms with Crippen LogP contribution in [0.25, 0.3) is 11.3 Å². The van der Waals surface area contributed by atoms with Crippen LogP contribution in [0.3, 0.4) is 0 Å². The van der Waals surface area contributed by atoms with Crippen LogP contribution in [0.2, 0.25) is 0 Å². The Labute approximate surface area is 123 Å². The molecule has 0 bridgehead atoms. The summed E-state index contributed by atoms with van der Waals surface area (Å²) in [7, 11) is 3.13. The smallest absolute Gasteiger partial charge is 0.273 e. The Morgan fingerprint density at radius 2 is 2.00 bits per heavy atom. The molecule has 112 valence electrons. The van der Waals surface area contributed by atoms with Gasteiger partial charge in [0.15, 0.2) is 23.0 Å². The van der Waals surface area contributed by atoms with Crippen LogP contribution in [0.4, 0.5) is 0 Å². The Hall–Kier alpha value is -2.50. The van der Waals surface area contributed by atoms with Crippen molar-refractivity contribution in [3.8, 4) is 22.8 Å².